The van der Waals surface area contributed by atoms with Crippen LogP contribution in [0.25, 0.3) is 0 Å². The molecule has 0 aromatic heterocycles. The Hall–Kier alpha value is -1.53. The smallest absolute Gasteiger partial charge is 0.277 e. The standard InChI is InChI=1S/C14H9BrClF3N2/c15-11-4-1-9(2-5-11)8-20-21-13-7-10(14(17,18)19)3-6-12(13)16/h1-8,21H/b20-8-. The largest absolute Gasteiger partial charge is 0.416 e. The van der Waals surface area contributed by atoms with Gasteiger partial charge in [0.15, 0.2) is 0 Å². The van der Waals surface area contributed by atoms with Gasteiger partial charge in [0.1, 0.15) is 0 Å². The molecule has 0 atom stereocenters. The van der Waals surface area contributed by atoms with Gasteiger partial charge in [-0.2, -0.15) is 18.3 Å². The molecular weight excluding hydrogens is 369 g/mol. The van der Waals surface area contributed by atoms with Gasteiger partial charge in [-0.15, -0.1) is 0 Å². The van der Waals surface area contributed by atoms with Crippen LogP contribution in [0.4, 0.5) is 18.9 Å². The summed E-state index contributed by atoms with van der Waals surface area (Å²) in [7, 11) is 0. The number of benzene rings is 2. The summed E-state index contributed by atoms with van der Waals surface area (Å²) in [6.07, 6.45) is -2.93. The maximum Gasteiger partial charge on any atom is 0.416 e. The van der Waals surface area contributed by atoms with E-state index >= 15 is 0 Å². The summed E-state index contributed by atoms with van der Waals surface area (Å²) < 4.78 is 38.8. The second-order valence-electron chi connectivity index (χ2n) is 4.11. The highest BCUT2D eigenvalue weighted by atomic mass is 79.9. The monoisotopic (exact) mass is 376 g/mol. The molecule has 0 saturated carbocycles. The maximum atomic E-state index is 12.6. The number of halogens is 5. The number of alkyl halides is 3. The van der Waals surface area contributed by atoms with Gasteiger partial charge in [-0.05, 0) is 35.9 Å². The van der Waals surface area contributed by atoms with Crippen molar-refractivity contribution in [3.8, 4) is 0 Å². The Bertz CT molecular complexity index is 654. The van der Waals surface area contributed by atoms with E-state index in [4.69, 9.17) is 11.6 Å². The molecule has 2 nitrogen and oxygen atoms in total. The fourth-order valence-electron chi connectivity index (χ4n) is 1.51. The van der Waals surface area contributed by atoms with Crippen molar-refractivity contribution in [2.24, 2.45) is 5.10 Å². The molecule has 2 rings (SSSR count). The van der Waals surface area contributed by atoms with Crippen LogP contribution in [0.1, 0.15) is 11.1 Å². The lowest BCUT2D eigenvalue weighted by atomic mass is 10.2. The Morgan fingerprint density at radius 1 is 1.10 bits per heavy atom. The normalized spacial score (nSPS) is 11.9. The van der Waals surface area contributed by atoms with Crippen LogP contribution in [-0.4, -0.2) is 6.21 Å². The minimum Gasteiger partial charge on any atom is -0.277 e. The summed E-state index contributed by atoms with van der Waals surface area (Å²) in [6.45, 7) is 0. The molecule has 0 bridgehead atoms. The van der Waals surface area contributed by atoms with E-state index in [0.29, 0.717) is 0 Å². The Balaban J connectivity index is 2.14. The van der Waals surface area contributed by atoms with E-state index in [-0.39, 0.29) is 10.7 Å². The van der Waals surface area contributed by atoms with Crippen molar-refractivity contribution in [1.29, 1.82) is 0 Å². The SMILES string of the molecule is FC(F)(F)c1ccc(Cl)c(N/N=C\c2ccc(Br)cc2)c1. The van der Waals surface area contributed by atoms with Crippen molar-refractivity contribution in [3.63, 3.8) is 0 Å². The minimum absolute atomic E-state index is 0.0971. The van der Waals surface area contributed by atoms with E-state index in [1.54, 1.807) is 0 Å². The van der Waals surface area contributed by atoms with Gasteiger partial charge >= 0.3 is 6.18 Å². The Morgan fingerprint density at radius 3 is 2.38 bits per heavy atom. The summed E-state index contributed by atoms with van der Waals surface area (Å²) in [6, 6.07) is 10.3. The van der Waals surface area contributed by atoms with E-state index in [9.17, 15) is 13.2 Å². The van der Waals surface area contributed by atoms with E-state index in [0.717, 1.165) is 22.2 Å². The van der Waals surface area contributed by atoms with Crippen molar-refractivity contribution >= 4 is 39.4 Å². The number of nitrogens with one attached hydrogen (secondary N) is 1. The van der Waals surface area contributed by atoms with Gasteiger partial charge in [0.2, 0.25) is 0 Å². The van der Waals surface area contributed by atoms with E-state index in [1.165, 1.54) is 12.3 Å². The Kier molecular flexibility index (Phi) is 4.90. The van der Waals surface area contributed by atoms with Gasteiger partial charge in [-0.3, -0.25) is 5.43 Å². The molecule has 1 N–H and O–H groups in total. The first kappa shape index (κ1) is 15.9. The minimum atomic E-state index is -4.42. The van der Waals surface area contributed by atoms with Crippen molar-refractivity contribution in [1.82, 2.24) is 0 Å². The topological polar surface area (TPSA) is 24.4 Å². The third kappa shape index (κ3) is 4.47. The number of hydrogen-bond acceptors (Lipinski definition) is 2. The van der Waals surface area contributed by atoms with E-state index in [1.807, 2.05) is 24.3 Å². The van der Waals surface area contributed by atoms with Crippen LogP contribution < -0.4 is 5.43 Å². The third-order valence-corrected chi connectivity index (χ3v) is 3.42. The van der Waals surface area contributed by atoms with Crippen LogP contribution in [0.2, 0.25) is 5.02 Å². The number of hydrogen-bond donors (Lipinski definition) is 1. The molecule has 0 amide bonds. The van der Waals surface area contributed by atoms with Crippen molar-refractivity contribution in [2.75, 3.05) is 5.43 Å². The summed E-state index contributed by atoms with van der Waals surface area (Å²) in [5.41, 5.74) is 2.63. The molecule has 0 spiro atoms. The van der Waals surface area contributed by atoms with Crippen molar-refractivity contribution in [3.05, 3.63) is 63.1 Å². The van der Waals surface area contributed by atoms with Crippen LogP contribution in [0.5, 0.6) is 0 Å². The van der Waals surface area contributed by atoms with Gasteiger partial charge in [-0.1, -0.05) is 39.7 Å². The first-order chi connectivity index (χ1) is 9.86. The van der Waals surface area contributed by atoms with Crippen molar-refractivity contribution in [2.45, 2.75) is 6.18 Å². The number of rotatable bonds is 3. The lowest BCUT2D eigenvalue weighted by molar-refractivity contribution is -0.137. The molecule has 0 unspecified atom stereocenters. The lowest BCUT2D eigenvalue weighted by Gasteiger charge is -2.09. The first-order valence-corrected chi connectivity index (χ1v) is 6.95. The van der Waals surface area contributed by atoms with Gasteiger partial charge in [-0.25, -0.2) is 0 Å². The zero-order valence-electron chi connectivity index (χ0n) is 10.5. The summed E-state index contributed by atoms with van der Waals surface area (Å²) in [4.78, 5) is 0. The first-order valence-electron chi connectivity index (χ1n) is 5.77. The quantitative estimate of drug-likeness (QED) is 0.549. The van der Waals surface area contributed by atoms with E-state index < -0.39 is 11.7 Å². The molecule has 21 heavy (non-hydrogen) atoms. The molecule has 0 aliphatic carbocycles. The zero-order chi connectivity index (χ0) is 15.5. The van der Waals surface area contributed by atoms with Crippen LogP contribution in [0.15, 0.2) is 52.0 Å². The number of anilines is 1. The molecule has 7 heteroatoms. The summed E-state index contributed by atoms with van der Waals surface area (Å²) in [5, 5.41) is 4.05. The van der Waals surface area contributed by atoms with Crippen LogP contribution >= 0.6 is 27.5 Å². The average molecular weight is 378 g/mol. The molecule has 0 aliphatic rings. The average Bonchev–Trinajstić information content (AvgIpc) is 2.42. The molecule has 0 fully saturated rings. The highest BCUT2D eigenvalue weighted by molar-refractivity contribution is 9.10. The predicted molar refractivity (Wildman–Crippen MR) is 81.8 cm³/mol. The second-order valence-corrected chi connectivity index (χ2v) is 5.44. The molecule has 0 radical (unpaired) electrons. The Labute approximate surface area is 132 Å². The fraction of sp³-hybridized carbons (Fsp3) is 0.0714. The van der Waals surface area contributed by atoms with Crippen LogP contribution in [0, 0.1) is 0 Å². The Morgan fingerprint density at radius 2 is 1.76 bits per heavy atom. The molecular formula is C14H9BrClF3N2. The number of hydrazone groups is 1. The van der Waals surface area contributed by atoms with Crippen molar-refractivity contribution < 1.29 is 13.2 Å². The maximum absolute atomic E-state index is 12.6. The zero-order valence-corrected chi connectivity index (χ0v) is 12.8. The number of nitrogens with zero attached hydrogens (tertiary/aromatic N) is 1. The fourth-order valence-corrected chi connectivity index (χ4v) is 1.94. The highest BCUT2D eigenvalue weighted by Gasteiger charge is 2.30. The lowest BCUT2D eigenvalue weighted by Crippen LogP contribution is -2.05. The molecule has 0 aliphatic heterocycles. The van der Waals surface area contributed by atoms with E-state index in [2.05, 4.69) is 26.5 Å². The molecule has 2 aromatic carbocycles. The van der Waals surface area contributed by atoms with Gasteiger partial charge < -0.3 is 0 Å². The molecule has 0 saturated heterocycles. The van der Waals surface area contributed by atoms with Crippen LogP contribution in [-0.2, 0) is 6.18 Å². The third-order valence-electron chi connectivity index (χ3n) is 2.56. The van der Waals surface area contributed by atoms with Gasteiger partial charge in [0.25, 0.3) is 0 Å². The summed E-state index contributed by atoms with van der Waals surface area (Å²) in [5.74, 6) is 0. The van der Waals surface area contributed by atoms with Gasteiger partial charge in [0.05, 0.1) is 22.5 Å². The second kappa shape index (κ2) is 6.49. The van der Waals surface area contributed by atoms with Crippen LogP contribution in [0.3, 0.4) is 0 Å². The predicted octanol–water partition coefficient (Wildman–Crippen LogP) is 5.57. The molecule has 0 heterocycles. The molecule has 2 aromatic rings. The summed E-state index contributed by atoms with van der Waals surface area (Å²) >= 11 is 9.14. The highest BCUT2D eigenvalue weighted by Crippen LogP contribution is 2.33. The van der Waals surface area contributed by atoms with Gasteiger partial charge in [0, 0.05) is 4.47 Å². The molecule has 110 valence electrons.